The van der Waals surface area contributed by atoms with Gasteiger partial charge in [0.15, 0.2) is 0 Å². The molecule has 4 heterocycles. The fraction of sp³-hybridized carbons (Fsp3) is 0.308. The lowest BCUT2D eigenvalue weighted by molar-refractivity contribution is 0.0956. The smallest absolute Gasteiger partial charge is 0.276 e. The number of carbonyl (C=O) groups is 1. The minimum atomic E-state index is -0.0673. The summed E-state index contributed by atoms with van der Waals surface area (Å²) in [6, 6.07) is 17.7. The van der Waals surface area contributed by atoms with E-state index in [2.05, 4.69) is 30.6 Å². The summed E-state index contributed by atoms with van der Waals surface area (Å²) in [6.07, 6.45) is 1.33. The molecule has 0 radical (unpaired) electrons. The van der Waals surface area contributed by atoms with Gasteiger partial charge in [0.2, 0.25) is 0 Å². The number of nitriles is 1. The van der Waals surface area contributed by atoms with Gasteiger partial charge in [-0.25, -0.2) is 0 Å². The van der Waals surface area contributed by atoms with Crippen molar-refractivity contribution in [2.24, 2.45) is 14.1 Å². The largest absolute Gasteiger partial charge is 0.494 e. The van der Waals surface area contributed by atoms with Crippen molar-refractivity contribution in [2.75, 3.05) is 18.1 Å². The SMILES string of the molecule is Cc1cc(OCCCc2c3n(c4c(-c5c(C)nn(C)c5C)c(Cl)ccc24)[C@H](C)CN(c2cc4cc(C#N)ccc4n2C)C3=O)cc(C)c1Cl. The molecule has 49 heavy (non-hydrogen) atoms. The Labute approximate surface area is 296 Å². The molecule has 3 aromatic heterocycles. The van der Waals surface area contributed by atoms with E-state index < -0.39 is 0 Å². The first kappa shape index (κ1) is 32.8. The van der Waals surface area contributed by atoms with Crippen molar-refractivity contribution in [3.05, 3.63) is 97.9 Å². The zero-order valence-corrected chi connectivity index (χ0v) is 30.3. The molecule has 1 aliphatic heterocycles. The molecule has 6 aromatic rings. The highest BCUT2D eigenvalue weighted by Crippen LogP contribution is 2.45. The van der Waals surface area contributed by atoms with Crippen molar-refractivity contribution in [1.82, 2.24) is 18.9 Å². The van der Waals surface area contributed by atoms with Crippen molar-refractivity contribution >= 4 is 56.7 Å². The summed E-state index contributed by atoms with van der Waals surface area (Å²) in [7, 11) is 3.91. The number of carbonyl (C=O) groups excluding carboxylic acids is 1. The van der Waals surface area contributed by atoms with Crippen LogP contribution in [0, 0.1) is 39.0 Å². The fourth-order valence-electron chi connectivity index (χ4n) is 7.59. The van der Waals surface area contributed by atoms with E-state index in [1.165, 1.54) is 0 Å². The Morgan fingerprint density at radius 3 is 2.41 bits per heavy atom. The summed E-state index contributed by atoms with van der Waals surface area (Å²) in [4.78, 5) is 16.8. The highest BCUT2D eigenvalue weighted by atomic mass is 35.5. The molecule has 1 aliphatic rings. The van der Waals surface area contributed by atoms with Crippen molar-refractivity contribution in [2.45, 2.75) is 53.5 Å². The Morgan fingerprint density at radius 1 is 1.00 bits per heavy atom. The van der Waals surface area contributed by atoms with Crippen molar-refractivity contribution in [3.63, 3.8) is 0 Å². The summed E-state index contributed by atoms with van der Waals surface area (Å²) >= 11 is 13.5. The van der Waals surface area contributed by atoms with E-state index in [-0.39, 0.29) is 11.9 Å². The van der Waals surface area contributed by atoms with E-state index in [9.17, 15) is 10.1 Å². The quantitative estimate of drug-likeness (QED) is 0.156. The van der Waals surface area contributed by atoms with Crippen molar-refractivity contribution < 1.29 is 9.53 Å². The summed E-state index contributed by atoms with van der Waals surface area (Å²) in [5.74, 6) is 1.51. The summed E-state index contributed by atoms with van der Waals surface area (Å²) in [5.41, 5.74) is 9.89. The van der Waals surface area contributed by atoms with Crippen LogP contribution in [0.1, 0.15) is 63.5 Å². The lowest BCUT2D eigenvalue weighted by Crippen LogP contribution is -2.43. The molecule has 8 nitrogen and oxygen atoms in total. The predicted octanol–water partition coefficient (Wildman–Crippen LogP) is 9.18. The second-order valence-corrected chi connectivity index (χ2v) is 14.0. The molecular formula is C39H38Cl2N6O2. The first-order valence-corrected chi connectivity index (χ1v) is 17.2. The van der Waals surface area contributed by atoms with Crippen LogP contribution < -0.4 is 9.64 Å². The Balaban J connectivity index is 1.36. The molecule has 0 unspecified atom stereocenters. The molecule has 10 heteroatoms. The van der Waals surface area contributed by atoms with E-state index in [1.54, 1.807) is 0 Å². The van der Waals surface area contributed by atoms with E-state index in [0.717, 1.165) is 77.6 Å². The number of ether oxygens (including phenoxy) is 1. The van der Waals surface area contributed by atoms with Crippen LogP contribution in [0.3, 0.4) is 0 Å². The second-order valence-electron chi connectivity index (χ2n) is 13.2. The number of rotatable bonds is 7. The predicted molar refractivity (Wildman–Crippen MR) is 197 cm³/mol. The number of hydrogen-bond acceptors (Lipinski definition) is 4. The number of amides is 1. The number of aryl methyl sites for hydroxylation is 6. The van der Waals surface area contributed by atoms with Gasteiger partial charge in [-0.3, -0.25) is 14.4 Å². The van der Waals surface area contributed by atoms with Gasteiger partial charge in [-0.05, 0) is 107 Å². The Hall–Kier alpha value is -4.71. The van der Waals surface area contributed by atoms with Crippen molar-refractivity contribution in [3.8, 4) is 22.9 Å². The molecule has 0 aliphatic carbocycles. The third-order valence-electron chi connectivity index (χ3n) is 9.99. The Morgan fingerprint density at radius 2 is 1.73 bits per heavy atom. The molecule has 1 amide bonds. The third kappa shape index (κ3) is 5.27. The molecular weight excluding hydrogens is 655 g/mol. The van der Waals surface area contributed by atoms with Gasteiger partial charge in [0.05, 0.1) is 34.5 Å². The van der Waals surface area contributed by atoms with Gasteiger partial charge >= 0.3 is 0 Å². The molecule has 0 spiro atoms. The number of anilines is 1. The van der Waals surface area contributed by atoms with Gasteiger partial charge in [0.1, 0.15) is 17.3 Å². The number of nitrogens with zero attached hydrogens (tertiary/aromatic N) is 6. The van der Waals surface area contributed by atoms with Crippen LogP contribution in [0.4, 0.5) is 5.82 Å². The second kappa shape index (κ2) is 12.3. The number of halogens is 2. The van der Waals surface area contributed by atoms with Crippen LogP contribution in [0.2, 0.25) is 10.0 Å². The zero-order valence-electron chi connectivity index (χ0n) is 28.8. The summed E-state index contributed by atoms with van der Waals surface area (Å²) in [5, 5.41) is 17.5. The molecule has 250 valence electrons. The number of hydrogen-bond donors (Lipinski definition) is 0. The maximum atomic E-state index is 14.9. The van der Waals surface area contributed by atoms with Crippen LogP contribution in [0.15, 0.2) is 48.5 Å². The summed E-state index contributed by atoms with van der Waals surface area (Å²) < 4.78 is 12.3. The molecule has 0 N–H and O–H groups in total. The molecule has 0 fully saturated rings. The topological polar surface area (TPSA) is 81.0 Å². The van der Waals surface area contributed by atoms with E-state index in [0.29, 0.717) is 42.3 Å². The van der Waals surface area contributed by atoms with Crippen LogP contribution in [0.5, 0.6) is 5.75 Å². The molecule has 1 atom stereocenters. The van der Waals surface area contributed by atoms with Gasteiger partial charge in [-0.15, -0.1) is 0 Å². The number of benzene rings is 3. The monoisotopic (exact) mass is 692 g/mol. The molecule has 7 rings (SSSR count). The number of aromatic nitrogens is 4. The average molecular weight is 694 g/mol. The van der Waals surface area contributed by atoms with Gasteiger partial charge in [-0.2, -0.15) is 10.4 Å². The minimum absolute atomic E-state index is 0.0672. The highest BCUT2D eigenvalue weighted by Gasteiger charge is 2.37. The standard InChI is InChI=1S/C39H38Cl2N6O2/c1-21-15-28(16-22(2)36(21)41)49-14-8-9-29-30-11-12-31(40)35(34-24(4)43-45(7)25(34)5)37(30)47-23(3)20-46(39(48)38(29)47)33-18-27-17-26(19-42)10-13-32(27)44(33)6/h10-13,15-18,23H,8-9,14,20H2,1-7H3/t23-/m1/s1. The van der Waals surface area contributed by atoms with Gasteiger partial charge < -0.3 is 13.9 Å². The molecule has 0 bridgehead atoms. The van der Waals surface area contributed by atoms with Crippen LogP contribution >= 0.6 is 23.2 Å². The molecule has 3 aromatic carbocycles. The molecule has 0 saturated carbocycles. The number of fused-ring (bicyclic) bond motifs is 4. The molecule has 0 saturated heterocycles. The Kier molecular flexibility index (Phi) is 8.25. The first-order valence-electron chi connectivity index (χ1n) is 16.5. The van der Waals surface area contributed by atoms with Crippen LogP contribution in [-0.2, 0) is 20.5 Å². The summed E-state index contributed by atoms with van der Waals surface area (Å²) in [6.45, 7) is 11.1. The maximum Gasteiger partial charge on any atom is 0.276 e. The van der Waals surface area contributed by atoms with E-state index in [1.807, 2.05) is 91.5 Å². The zero-order chi connectivity index (χ0) is 34.9. The third-order valence-corrected chi connectivity index (χ3v) is 10.9. The fourth-order valence-corrected chi connectivity index (χ4v) is 7.95. The Bertz CT molecular complexity index is 2350. The van der Waals surface area contributed by atoms with E-state index in [4.69, 9.17) is 33.0 Å². The van der Waals surface area contributed by atoms with Gasteiger partial charge in [0, 0.05) is 64.8 Å². The van der Waals surface area contributed by atoms with Crippen LogP contribution in [-0.4, -0.2) is 38.0 Å². The van der Waals surface area contributed by atoms with Crippen molar-refractivity contribution in [1.29, 1.82) is 5.26 Å². The lowest BCUT2D eigenvalue weighted by atomic mass is 9.98. The van der Waals surface area contributed by atoms with Gasteiger partial charge in [0.25, 0.3) is 5.91 Å². The van der Waals surface area contributed by atoms with Crippen LogP contribution in [0.25, 0.3) is 32.9 Å². The normalized spacial score (nSPS) is 14.6. The lowest BCUT2D eigenvalue weighted by Gasteiger charge is -2.34. The average Bonchev–Trinajstić information content (AvgIpc) is 3.67. The highest BCUT2D eigenvalue weighted by molar-refractivity contribution is 6.35. The first-order chi connectivity index (χ1) is 23.4. The van der Waals surface area contributed by atoms with Gasteiger partial charge in [-0.1, -0.05) is 29.3 Å². The van der Waals surface area contributed by atoms with E-state index >= 15 is 0 Å². The maximum absolute atomic E-state index is 14.9. The minimum Gasteiger partial charge on any atom is -0.494 e.